The van der Waals surface area contributed by atoms with Crippen LogP contribution >= 0.6 is 15.9 Å². The topological polar surface area (TPSA) is 20.2 Å². The molecule has 76 valence electrons. The summed E-state index contributed by atoms with van der Waals surface area (Å²) in [6.07, 6.45) is 5.51. The van der Waals surface area contributed by atoms with Crippen LogP contribution in [-0.2, 0) is 0 Å². The number of alkyl halides is 1. The molecule has 0 aromatic rings. The number of aliphatic hydroxyl groups excluding tert-OH is 1. The lowest BCUT2D eigenvalue weighted by Crippen LogP contribution is -2.03. The van der Waals surface area contributed by atoms with Crippen molar-refractivity contribution < 1.29 is 5.11 Å². The molecule has 0 saturated carbocycles. The van der Waals surface area contributed by atoms with Gasteiger partial charge in [0.15, 0.2) is 0 Å². The van der Waals surface area contributed by atoms with E-state index in [0.29, 0.717) is 0 Å². The number of halogens is 1. The summed E-state index contributed by atoms with van der Waals surface area (Å²) < 4.78 is 0. The number of hydrogen-bond acceptors (Lipinski definition) is 1. The molecule has 0 saturated heterocycles. The van der Waals surface area contributed by atoms with Crippen LogP contribution in [0.1, 0.15) is 33.6 Å². The van der Waals surface area contributed by atoms with E-state index in [1.54, 1.807) is 0 Å². The quantitative estimate of drug-likeness (QED) is 0.582. The summed E-state index contributed by atoms with van der Waals surface area (Å²) in [6.45, 7) is 6.18. The van der Waals surface area contributed by atoms with E-state index in [2.05, 4.69) is 35.9 Å². The Balaban J connectivity index is 4.00. The fraction of sp³-hybridized carbons (Fsp3) is 0.636. The molecule has 0 aliphatic heterocycles. The summed E-state index contributed by atoms with van der Waals surface area (Å²) >= 11 is 3.35. The van der Waals surface area contributed by atoms with Gasteiger partial charge in [0.25, 0.3) is 0 Å². The van der Waals surface area contributed by atoms with Crippen molar-refractivity contribution >= 4 is 15.9 Å². The third kappa shape index (κ3) is 7.03. The molecule has 0 amide bonds. The van der Waals surface area contributed by atoms with Gasteiger partial charge >= 0.3 is 0 Å². The van der Waals surface area contributed by atoms with Gasteiger partial charge in [-0.25, -0.2) is 0 Å². The zero-order chi connectivity index (χ0) is 10.3. The lowest BCUT2D eigenvalue weighted by Gasteiger charge is -2.07. The second kappa shape index (κ2) is 7.34. The molecule has 0 fully saturated rings. The summed E-state index contributed by atoms with van der Waals surface area (Å²) in [5.41, 5.74) is 2.44. The fourth-order valence-electron chi connectivity index (χ4n) is 1.19. The van der Waals surface area contributed by atoms with Crippen LogP contribution in [0, 0.1) is 0 Å². The van der Waals surface area contributed by atoms with Crippen LogP contribution in [0.4, 0.5) is 0 Å². The second-order valence-corrected chi connectivity index (χ2v) is 3.94. The molecular formula is C11H19BrO. The van der Waals surface area contributed by atoms with Crippen molar-refractivity contribution in [1.82, 2.24) is 0 Å². The highest BCUT2D eigenvalue weighted by Crippen LogP contribution is 2.09. The maximum atomic E-state index is 9.61. The summed E-state index contributed by atoms with van der Waals surface area (Å²) in [5.74, 6) is 0. The van der Waals surface area contributed by atoms with Crippen LogP contribution in [0.2, 0.25) is 0 Å². The average Bonchev–Trinajstić information content (AvgIpc) is 2.04. The Morgan fingerprint density at radius 1 is 1.38 bits per heavy atom. The van der Waals surface area contributed by atoms with Crippen molar-refractivity contribution in [3.8, 4) is 0 Å². The van der Waals surface area contributed by atoms with Crippen LogP contribution < -0.4 is 0 Å². The van der Waals surface area contributed by atoms with E-state index in [1.807, 2.05) is 13.0 Å². The van der Waals surface area contributed by atoms with Crippen molar-refractivity contribution in [3.63, 3.8) is 0 Å². The molecule has 0 heterocycles. The minimum absolute atomic E-state index is 0.333. The smallest absolute Gasteiger partial charge is 0.0760 e. The molecule has 0 rings (SSSR count). The van der Waals surface area contributed by atoms with Crippen LogP contribution in [0.15, 0.2) is 23.3 Å². The van der Waals surface area contributed by atoms with Gasteiger partial charge in [0, 0.05) is 5.33 Å². The van der Waals surface area contributed by atoms with Crippen molar-refractivity contribution in [2.75, 3.05) is 5.33 Å². The molecular weight excluding hydrogens is 228 g/mol. The molecule has 0 aromatic heterocycles. The maximum absolute atomic E-state index is 9.61. The Morgan fingerprint density at radius 3 is 2.46 bits per heavy atom. The van der Waals surface area contributed by atoms with Crippen LogP contribution in [0.25, 0.3) is 0 Å². The number of hydrogen-bond donors (Lipinski definition) is 1. The standard InChI is InChI=1S/C11H19BrO/c1-4-5-9(2)6-11(13)7-10(3)8-12/h5,7,11,13H,4,6,8H2,1-3H3/b9-5+,10-7+. The number of allylic oxidation sites excluding steroid dienone is 2. The lowest BCUT2D eigenvalue weighted by atomic mass is 10.1. The van der Waals surface area contributed by atoms with Crippen LogP contribution in [0.5, 0.6) is 0 Å². The zero-order valence-electron chi connectivity index (χ0n) is 8.68. The Labute approximate surface area is 89.7 Å². The SMILES string of the molecule is CC/C=C(\C)CC(O)/C=C(\C)CBr. The predicted molar refractivity (Wildman–Crippen MR) is 62.2 cm³/mol. The first-order valence-corrected chi connectivity index (χ1v) is 5.79. The first-order chi connectivity index (χ1) is 6.10. The normalized spacial score (nSPS) is 16.1. The molecule has 13 heavy (non-hydrogen) atoms. The van der Waals surface area contributed by atoms with E-state index < -0.39 is 0 Å². The van der Waals surface area contributed by atoms with Crippen LogP contribution in [0.3, 0.4) is 0 Å². The monoisotopic (exact) mass is 246 g/mol. The summed E-state index contributed by atoms with van der Waals surface area (Å²) in [4.78, 5) is 0. The van der Waals surface area contributed by atoms with Gasteiger partial charge in [-0.15, -0.1) is 0 Å². The Hall–Kier alpha value is -0.0800. The molecule has 0 radical (unpaired) electrons. The van der Waals surface area contributed by atoms with E-state index >= 15 is 0 Å². The van der Waals surface area contributed by atoms with Gasteiger partial charge in [-0.3, -0.25) is 0 Å². The third-order valence-electron chi connectivity index (χ3n) is 1.77. The molecule has 0 aliphatic rings. The highest BCUT2D eigenvalue weighted by Gasteiger charge is 2.01. The van der Waals surface area contributed by atoms with Gasteiger partial charge in [0.05, 0.1) is 6.10 Å². The highest BCUT2D eigenvalue weighted by atomic mass is 79.9. The van der Waals surface area contributed by atoms with E-state index in [-0.39, 0.29) is 6.10 Å². The van der Waals surface area contributed by atoms with Crippen LogP contribution in [-0.4, -0.2) is 16.5 Å². The predicted octanol–water partition coefficient (Wildman–Crippen LogP) is 3.43. The van der Waals surface area contributed by atoms with E-state index in [1.165, 1.54) is 11.1 Å². The summed E-state index contributed by atoms with van der Waals surface area (Å²) in [7, 11) is 0. The van der Waals surface area contributed by atoms with E-state index in [0.717, 1.165) is 18.2 Å². The summed E-state index contributed by atoms with van der Waals surface area (Å²) in [6, 6.07) is 0. The molecule has 1 N–H and O–H groups in total. The third-order valence-corrected chi connectivity index (χ3v) is 2.66. The molecule has 1 unspecified atom stereocenters. The molecule has 2 heteroatoms. The zero-order valence-corrected chi connectivity index (χ0v) is 10.3. The van der Waals surface area contributed by atoms with Gasteiger partial charge < -0.3 is 5.11 Å². The van der Waals surface area contributed by atoms with Crippen molar-refractivity contribution in [1.29, 1.82) is 0 Å². The number of rotatable bonds is 5. The fourth-order valence-corrected chi connectivity index (χ4v) is 1.38. The summed E-state index contributed by atoms with van der Waals surface area (Å²) in [5, 5.41) is 10.4. The minimum Gasteiger partial charge on any atom is -0.389 e. The Morgan fingerprint density at radius 2 is 2.00 bits per heavy atom. The highest BCUT2D eigenvalue weighted by molar-refractivity contribution is 9.09. The second-order valence-electron chi connectivity index (χ2n) is 3.38. The lowest BCUT2D eigenvalue weighted by molar-refractivity contribution is 0.222. The van der Waals surface area contributed by atoms with Gasteiger partial charge in [-0.1, -0.05) is 46.2 Å². The van der Waals surface area contributed by atoms with Gasteiger partial charge in [0.2, 0.25) is 0 Å². The molecule has 1 atom stereocenters. The largest absolute Gasteiger partial charge is 0.389 e. The average molecular weight is 247 g/mol. The van der Waals surface area contributed by atoms with E-state index in [9.17, 15) is 5.11 Å². The number of aliphatic hydroxyl groups is 1. The Kier molecular flexibility index (Phi) is 7.29. The first kappa shape index (κ1) is 12.9. The van der Waals surface area contributed by atoms with Gasteiger partial charge in [-0.05, 0) is 26.7 Å². The van der Waals surface area contributed by atoms with Gasteiger partial charge in [0.1, 0.15) is 0 Å². The van der Waals surface area contributed by atoms with Crippen molar-refractivity contribution in [2.45, 2.75) is 39.7 Å². The molecule has 0 bridgehead atoms. The molecule has 1 nitrogen and oxygen atoms in total. The molecule has 0 aromatic carbocycles. The minimum atomic E-state index is -0.333. The molecule has 0 aliphatic carbocycles. The van der Waals surface area contributed by atoms with Crippen molar-refractivity contribution in [3.05, 3.63) is 23.3 Å². The van der Waals surface area contributed by atoms with Crippen molar-refractivity contribution in [2.24, 2.45) is 0 Å². The maximum Gasteiger partial charge on any atom is 0.0760 e. The first-order valence-electron chi connectivity index (χ1n) is 4.67. The molecule has 0 spiro atoms. The van der Waals surface area contributed by atoms with E-state index in [4.69, 9.17) is 0 Å². The Bertz CT molecular complexity index is 194. The van der Waals surface area contributed by atoms with Gasteiger partial charge in [-0.2, -0.15) is 0 Å².